The van der Waals surface area contributed by atoms with Gasteiger partial charge in [-0.1, -0.05) is 41.1 Å². The van der Waals surface area contributed by atoms with Crippen molar-refractivity contribution < 1.29 is 4.79 Å². The van der Waals surface area contributed by atoms with E-state index in [1.54, 1.807) is 15.8 Å². The Balaban J connectivity index is 2.18. The second-order valence-corrected chi connectivity index (χ2v) is 5.62. The molecule has 0 fully saturated rings. The number of amides is 1. The van der Waals surface area contributed by atoms with Crippen molar-refractivity contribution in [1.82, 2.24) is 14.7 Å². The molecular weight excluding hydrogens is 318 g/mol. The highest BCUT2D eigenvalue weighted by atomic mass is 79.9. The zero-order valence-corrected chi connectivity index (χ0v) is 13.5. The standard InChI is InChI=1S/C15H18BrN3O/c1-4-14-12(10-19(3)17-14)15(20)18(2)9-11-7-5-6-8-13(11)16/h5-8,10H,4,9H2,1-3H3. The lowest BCUT2D eigenvalue weighted by Crippen LogP contribution is -2.26. The third-order valence-corrected chi connectivity index (χ3v) is 3.96. The maximum atomic E-state index is 12.5. The van der Waals surface area contributed by atoms with E-state index in [1.165, 1.54) is 0 Å². The van der Waals surface area contributed by atoms with Crippen LogP contribution in [0.1, 0.15) is 28.5 Å². The molecule has 20 heavy (non-hydrogen) atoms. The van der Waals surface area contributed by atoms with Gasteiger partial charge in [-0.25, -0.2) is 0 Å². The average Bonchev–Trinajstić information content (AvgIpc) is 2.81. The fourth-order valence-corrected chi connectivity index (χ4v) is 2.54. The van der Waals surface area contributed by atoms with E-state index in [0.29, 0.717) is 12.1 Å². The van der Waals surface area contributed by atoms with Crippen LogP contribution < -0.4 is 0 Å². The van der Waals surface area contributed by atoms with E-state index in [9.17, 15) is 4.79 Å². The van der Waals surface area contributed by atoms with Gasteiger partial charge in [-0.05, 0) is 18.1 Å². The summed E-state index contributed by atoms with van der Waals surface area (Å²) in [6.07, 6.45) is 2.54. The van der Waals surface area contributed by atoms with Crippen LogP contribution in [0.4, 0.5) is 0 Å². The first-order valence-electron chi connectivity index (χ1n) is 6.54. The number of halogens is 1. The molecule has 0 unspecified atom stereocenters. The highest BCUT2D eigenvalue weighted by Crippen LogP contribution is 2.19. The number of aryl methyl sites for hydroxylation is 2. The van der Waals surface area contributed by atoms with Gasteiger partial charge in [0.15, 0.2) is 0 Å². The van der Waals surface area contributed by atoms with Gasteiger partial charge in [0.05, 0.1) is 11.3 Å². The number of hydrogen-bond donors (Lipinski definition) is 0. The fraction of sp³-hybridized carbons (Fsp3) is 0.333. The zero-order valence-electron chi connectivity index (χ0n) is 11.9. The Bertz CT molecular complexity index is 621. The highest BCUT2D eigenvalue weighted by Gasteiger charge is 2.18. The molecule has 0 aliphatic heterocycles. The molecule has 1 aromatic heterocycles. The molecule has 0 aliphatic rings. The molecule has 1 heterocycles. The normalized spacial score (nSPS) is 10.6. The Hall–Kier alpha value is -1.62. The third kappa shape index (κ3) is 3.10. The number of carbonyl (C=O) groups excluding carboxylic acids is 1. The van der Waals surface area contributed by atoms with Crippen LogP contribution in [-0.4, -0.2) is 27.6 Å². The number of carbonyl (C=O) groups is 1. The van der Waals surface area contributed by atoms with E-state index in [-0.39, 0.29) is 5.91 Å². The van der Waals surface area contributed by atoms with Gasteiger partial charge in [-0.15, -0.1) is 0 Å². The van der Waals surface area contributed by atoms with Gasteiger partial charge in [0.1, 0.15) is 0 Å². The fourth-order valence-electron chi connectivity index (χ4n) is 2.13. The molecule has 0 N–H and O–H groups in total. The Labute approximate surface area is 127 Å². The summed E-state index contributed by atoms with van der Waals surface area (Å²) in [5.74, 6) is 0.00528. The first-order valence-corrected chi connectivity index (χ1v) is 7.33. The molecule has 106 valence electrons. The highest BCUT2D eigenvalue weighted by molar-refractivity contribution is 9.10. The van der Waals surface area contributed by atoms with Crippen molar-refractivity contribution in [2.45, 2.75) is 19.9 Å². The second-order valence-electron chi connectivity index (χ2n) is 4.77. The smallest absolute Gasteiger partial charge is 0.257 e. The van der Waals surface area contributed by atoms with E-state index in [4.69, 9.17) is 0 Å². The zero-order chi connectivity index (χ0) is 14.7. The van der Waals surface area contributed by atoms with Gasteiger partial charge in [0.25, 0.3) is 5.91 Å². The summed E-state index contributed by atoms with van der Waals surface area (Å²) in [4.78, 5) is 14.2. The minimum Gasteiger partial charge on any atom is -0.337 e. The van der Waals surface area contributed by atoms with Crippen LogP contribution in [0.25, 0.3) is 0 Å². The SMILES string of the molecule is CCc1nn(C)cc1C(=O)N(C)Cc1ccccc1Br. The predicted octanol–water partition coefficient (Wildman–Crippen LogP) is 3.02. The number of rotatable bonds is 4. The summed E-state index contributed by atoms with van der Waals surface area (Å²) in [5.41, 5.74) is 2.62. The van der Waals surface area contributed by atoms with Crippen molar-refractivity contribution in [3.8, 4) is 0 Å². The van der Waals surface area contributed by atoms with E-state index in [1.807, 2.05) is 45.3 Å². The first kappa shape index (κ1) is 14.8. The molecule has 1 aromatic carbocycles. The van der Waals surface area contributed by atoms with Crippen molar-refractivity contribution in [3.63, 3.8) is 0 Å². The first-order chi connectivity index (χ1) is 9.52. The maximum absolute atomic E-state index is 12.5. The summed E-state index contributed by atoms with van der Waals surface area (Å²) in [6.45, 7) is 2.57. The molecule has 0 aliphatic carbocycles. The number of aromatic nitrogens is 2. The van der Waals surface area contributed by atoms with Crippen molar-refractivity contribution >= 4 is 21.8 Å². The monoisotopic (exact) mass is 335 g/mol. The van der Waals surface area contributed by atoms with Gasteiger partial charge in [-0.3, -0.25) is 9.48 Å². The van der Waals surface area contributed by atoms with Gasteiger partial charge >= 0.3 is 0 Å². The van der Waals surface area contributed by atoms with Crippen LogP contribution in [0.3, 0.4) is 0 Å². The number of hydrogen-bond acceptors (Lipinski definition) is 2. The molecule has 0 bridgehead atoms. The molecule has 4 nitrogen and oxygen atoms in total. The largest absolute Gasteiger partial charge is 0.337 e. The predicted molar refractivity (Wildman–Crippen MR) is 82.5 cm³/mol. The number of benzene rings is 1. The lowest BCUT2D eigenvalue weighted by Gasteiger charge is -2.18. The van der Waals surface area contributed by atoms with E-state index in [2.05, 4.69) is 21.0 Å². The average molecular weight is 336 g/mol. The Morgan fingerprint density at radius 2 is 2.10 bits per heavy atom. The number of nitrogens with zero attached hydrogens (tertiary/aromatic N) is 3. The molecule has 2 aromatic rings. The molecule has 1 amide bonds. The van der Waals surface area contributed by atoms with Crippen LogP contribution in [0.15, 0.2) is 34.9 Å². The lowest BCUT2D eigenvalue weighted by atomic mass is 10.1. The molecule has 0 saturated heterocycles. The Morgan fingerprint density at radius 1 is 1.40 bits per heavy atom. The molecule has 2 rings (SSSR count). The van der Waals surface area contributed by atoms with E-state index in [0.717, 1.165) is 22.2 Å². The van der Waals surface area contributed by atoms with E-state index < -0.39 is 0 Å². The van der Waals surface area contributed by atoms with Crippen LogP contribution >= 0.6 is 15.9 Å². The molecule has 0 saturated carbocycles. The topological polar surface area (TPSA) is 38.1 Å². The minimum absolute atomic E-state index is 0.00528. The molecular formula is C15H18BrN3O. The molecule has 5 heteroatoms. The third-order valence-electron chi connectivity index (χ3n) is 3.18. The molecule has 0 radical (unpaired) electrons. The lowest BCUT2D eigenvalue weighted by molar-refractivity contribution is 0.0783. The van der Waals surface area contributed by atoms with Gasteiger partial charge in [-0.2, -0.15) is 5.10 Å². The van der Waals surface area contributed by atoms with Crippen molar-refractivity contribution in [1.29, 1.82) is 0 Å². The second kappa shape index (κ2) is 6.22. The van der Waals surface area contributed by atoms with Crippen molar-refractivity contribution in [3.05, 3.63) is 51.8 Å². The van der Waals surface area contributed by atoms with Crippen molar-refractivity contribution in [2.24, 2.45) is 7.05 Å². The molecule has 0 spiro atoms. The summed E-state index contributed by atoms with van der Waals surface area (Å²) in [5, 5.41) is 4.32. The summed E-state index contributed by atoms with van der Waals surface area (Å²) in [7, 11) is 3.65. The van der Waals surface area contributed by atoms with Crippen LogP contribution in [0.5, 0.6) is 0 Å². The summed E-state index contributed by atoms with van der Waals surface area (Å²) in [6, 6.07) is 7.93. The maximum Gasteiger partial charge on any atom is 0.257 e. The van der Waals surface area contributed by atoms with Gasteiger partial charge < -0.3 is 4.90 Å². The summed E-state index contributed by atoms with van der Waals surface area (Å²) >= 11 is 3.51. The Morgan fingerprint density at radius 3 is 2.75 bits per heavy atom. The van der Waals surface area contributed by atoms with Gasteiger partial charge in [0, 0.05) is 31.3 Å². The van der Waals surface area contributed by atoms with Crippen LogP contribution in [0.2, 0.25) is 0 Å². The van der Waals surface area contributed by atoms with Gasteiger partial charge in [0.2, 0.25) is 0 Å². The van der Waals surface area contributed by atoms with Crippen LogP contribution in [0, 0.1) is 0 Å². The quantitative estimate of drug-likeness (QED) is 0.861. The van der Waals surface area contributed by atoms with Crippen LogP contribution in [-0.2, 0) is 20.0 Å². The minimum atomic E-state index is 0.00528. The Kier molecular flexibility index (Phi) is 4.60. The van der Waals surface area contributed by atoms with Crippen molar-refractivity contribution in [2.75, 3.05) is 7.05 Å². The molecule has 0 atom stereocenters. The van der Waals surface area contributed by atoms with E-state index >= 15 is 0 Å². The summed E-state index contributed by atoms with van der Waals surface area (Å²) < 4.78 is 2.71.